The second-order valence-corrected chi connectivity index (χ2v) is 5.41. The van der Waals surface area contributed by atoms with Gasteiger partial charge in [-0.1, -0.05) is 12.8 Å². The highest BCUT2D eigenvalue weighted by Gasteiger charge is 2.28. The average molecular weight is 275 g/mol. The Kier molecular flexibility index (Phi) is 4.27. The van der Waals surface area contributed by atoms with Gasteiger partial charge in [-0.15, -0.1) is 0 Å². The van der Waals surface area contributed by atoms with Gasteiger partial charge in [0.1, 0.15) is 0 Å². The molecule has 0 aliphatic heterocycles. The summed E-state index contributed by atoms with van der Waals surface area (Å²) in [6.45, 7) is 1.84. The van der Waals surface area contributed by atoms with Crippen LogP contribution in [0, 0.1) is 6.92 Å². The number of nitrogens with zero attached hydrogens (tertiary/aromatic N) is 1. The van der Waals surface area contributed by atoms with E-state index < -0.39 is 5.91 Å². The largest absolute Gasteiger partial charge is 0.399 e. The third kappa shape index (κ3) is 3.10. The van der Waals surface area contributed by atoms with E-state index in [0.717, 1.165) is 31.2 Å². The van der Waals surface area contributed by atoms with E-state index in [1.807, 2.05) is 6.92 Å². The van der Waals surface area contributed by atoms with Crippen LogP contribution in [0.25, 0.3) is 0 Å². The molecule has 4 N–H and O–H groups in total. The highest BCUT2D eigenvalue weighted by molar-refractivity contribution is 5.97. The fourth-order valence-electron chi connectivity index (χ4n) is 2.73. The molecule has 0 aromatic heterocycles. The molecule has 1 aromatic carbocycles. The van der Waals surface area contributed by atoms with E-state index in [1.165, 1.54) is 0 Å². The number of carbonyl (C=O) groups excluding carboxylic acids is 2. The molecule has 0 radical (unpaired) electrons. The van der Waals surface area contributed by atoms with Gasteiger partial charge in [0.25, 0.3) is 5.91 Å². The molecule has 0 unspecified atom stereocenters. The van der Waals surface area contributed by atoms with Gasteiger partial charge in [0.2, 0.25) is 5.91 Å². The standard InChI is InChI=1S/C15H21N3O2/c1-10-8-11(6-7-13(10)16)15(20)18(9-14(17)19)12-4-2-3-5-12/h6-8,12H,2-5,9,16H2,1H3,(H2,17,19). The van der Waals surface area contributed by atoms with Gasteiger partial charge in [-0.2, -0.15) is 0 Å². The lowest BCUT2D eigenvalue weighted by atomic mass is 10.1. The Morgan fingerprint density at radius 1 is 1.30 bits per heavy atom. The Morgan fingerprint density at radius 3 is 2.50 bits per heavy atom. The zero-order valence-corrected chi connectivity index (χ0v) is 11.8. The van der Waals surface area contributed by atoms with Gasteiger partial charge in [-0.25, -0.2) is 0 Å². The molecule has 5 nitrogen and oxygen atoms in total. The number of aryl methyl sites for hydroxylation is 1. The maximum Gasteiger partial charge on any atom is 0.254 e. The maximum atomic E-state index is 12.6. The highest BCUT2D eigenvalue weighted by Crippen LogP contribution is 2.25. The van der Waals surface area contributed by atoms with Crippen LogP contribution in [0.4, 0.5) is 5.69 Å². The summed E-state index contributed by atoms with van der Waals surface area (Å²) in [5.74, 6) is -0.615. The lowest BCUT2D eigenvalue weighted by Crippen LogP contribution is -2.44. The number of amides is 2. The minimum atomic E-state index is -0.475. The van der Waals surface area contributed by atoms with Crippen LogP contribution in [0.2, 0.25) is 0 Å². The number of nitrogens with two attached hydrogens (primary N) is 2. The molecule has 1 fully saturated rings. The van der Waals surface area contributed by atoms with Crippen LogP contribution in [0.5, 0.6) is 0 Å². The first kappa shape index (κ1) is 14.4. The number of anilines is 1. The molecule has 0 atom stereocenters. The number of hydrogen-bond donors (Lipinski definition) is 2. The summed E-state index contributed by atoms with van der Waals surface area (Å²) in [4.78, 5) is 25.5. The molecule has 20 heavy (non-hydrogen) atoms. The zero-order chi connectivity index (χ0) is 14.7. The van der Waals surface area contributed by atoms with E-state index >= 15 is 0 Å². The van der Waals surface area contributed by atoms with Gasteiger partial charge in [-0.3, -0.25) is 9.59 Å². The monoisotopic (exact) mass is 275 g/mol. The fraction of sp³-hybridized carbons (Fsp3) is 0.467. The van der Waals surface area contributed by atoms with Gasteiger partial charge in [-0.05, 0) is 43.5 Å². The highest BCUT2D eigenvalue weighted by atomic mass is 16.2. The predicted octanol–water partition coefficient (Wildman–Crippen LogP) is 1.45. The molecule has 1 aliphatic carbocycles. The molecule has 0 saturated heterocycles. The van der Waals surface area contributed by atoms with Crippen molar-refractivity contribution in [2.24, 2.45) is 5.73 Å². The Hall–Kier alpha value is -2.04. The first-order valence-corrected chi connectivity index (χ1v) is 6.94. The van der Waals surface area contributed by atoms with E-state index in [9.17, 15) is 9.59 Å². The molecule has 108 valence electrons. The number of benzene rings is 1. The van der Waals surface area contributed by atoms with Crippen LogP contribution < -0.4 is 11.5 Å². The molecule has 2 amide bonds. The minimum absolute atomic E-state index is 0.0209. The third-order valence-corrected chi connectivity index (χ3v) is 3.87. The van der Waals surface area contributed by atoms with Gasteiger partial charge in [0, 0.05) is 17.3 Å². The summed E-state index contributed by atoms with van der Waals surface area (Å²) in [6.07, 6.45) is 4.06. The summed E-state index contributed by atoms with van der Waals surface area (Å²) in [5, 5.41) is 0. The normalized spacial score (nSPS) is 15.2. The molecule has 5 heteroatoms. The van der Waals surface area contributed by atoms with E-state index in [-0.39, 0.29) is 18.5 Å². The average Bonchev–Trinajstić information content (AvgIpc) is 2.92. The first-order chi connectivity index (χ1) is 9.49. The maximum absolute atomic E-state index is 12.6. The molecule has 0 heterocycles. The van der Waals surface area contributed by atoms with E-state index in [1.54, 1.807) is 23.1 Å². The first-order valence-electron chi connectivity index (χ1n) is 6.94. The van der Waals surface area contributed by atoms with Crippen molar-refractivity contribution in [3.63, 3.8) is 0 Å². The van der Waals surface area contributed by atoms with Gasteiger partial charge < -0.3 is 16.4 Å². The third-order valence-electron chi connectivity index (χ3n) is 3.87. The number of nitrogen functional groups attached to an aromatic ring is 1. The summed E-state index contributed by atoms with van der Waals surface area (Å²) in [7, 11) is 0. The fourth-order valence-corrected chi connectivity index (χ4v) is 2.73. The number of hydrogen-bond acceptors (Lipinski definition) is 3. The predicted molar refractivity (Wildman–Crippen MR) is 78.1 cm³/mol. The lowest BCUT2D eigenvalue weighted by molar-refractivity contribution is -0.119. The Balaban J connectivity index is 2.24. The molecule has 0 bridgehead atoms. The summed E-state index contributed by atoms with van der Waals surface area (Å²) >= 11 is 0. The van der Waals surface area contributed by atoms with Crippen molar-refractivity contribution in [1.29, 1.82) is 0 Å². The van der Waals surface area contributed by atoms with Crippen molar-refractivity contribution in [3.8, 4) is 0 Å². The molecular weight excluding hydrogens is 254 g/mol. The van der Waals surface area contributed by atoms with E-state index in [2.05, 4.69) is 0 Å². The van der Waals surface area contributed by atoms with Gasteiger partial charge in [0.15, 0.2) is 0 Å². The number of primary amides is 1. The van der Waals surface area contributed by atoms with Crippen LogP contribution in [0.15, 0.2) is 18.2 Å². The zero-order valence-electron chi connectivity index (χ0n) is 11.8. The quantitative estimate of drug-likeness (QED) is 0.815. The van der Waals surface area contributed by atoms with Crippen molar-refractivity contribution in [3.05, 3.63) is 29.3 Å². The minimum Gasteiger partial charge on any atom is -0.399 e. The van der Waals surface area contributed by atoms with Gasteiger partial charge >= 0.3 is 0 Å². The summed E-state index contributed by atoms with van der Waals surface area (Å²) < 4.78 is 0. The topological polar surface area (TPSA) is 89.4 Å². The lowest BCUT2D eigenvalue weighted by Gasteiger charge is -2.28. The SMILES string of the molecule is Cc1cc(C(=O)N(CC(N)=O)C2CCCC2)ccc1N. The molecule has 2 rings (SSSR count). The van der Waals surface area contributed by atoms with Crippen molar-refractivity contribution in [1.82, 2.24) is 4.90 Å². The molecular formula is C15H21N3O2. The molecule has 1 aromatic rings. The molecule has 0 spiro atoms. The summed E-state index contributed by atoms with van der Waals surface area (Å²) in [5.41, 5.74) is 13.1. The van der Waals surface area contributed by atoms with Crippen LogP contribution in [-0.2, 0) is 4.79 Å². The van der Waals surface area contributed by atoms with Crippen molar-refractivity contribution in [2.45, 2.75) is 38.6 Å². The Morgan fingerprint density at radius 2 is 1.95 bits per heavy atom. The number of carbonyl (C=O) groups is 2. The van der Waals surface area contributed by atoms with Crippen LogP contribution in [0.3, 0.4) is 0 Å². The Labute approximate surface area is 118 Å². The smallest absolute Gasteiger partial charge is 0.254 e. The Bertz CT molecular complexity index is 522. The van der Waals surface area contributed by atoms with Crippen LogP contribution >= 0.6 is 0 Å². The molecule has 1 aliphatic rings. The summed E-state index contributed by atoms with van der Waals surface area (Å²) in [6, 6.07) is 5.31. The van der Waals surface area contributed by atoms with E-state index in [4.69, 9.17) is 11.5 Å². The van der Waals surface area contributed by atoms with E-state index in [0.29, 0.717) is 11.3 Å². The second kappa shape index (κ2) is 5.94. The molecule has 1 saturated carbocycles. The number of rotatable bonds is 4. The van der Waals surface area contributed by atoms with Crippen molar-refractivity contribution in [2.75, 3.05) is 12.3 Å². The van der Waals surface area contributed by atoms with Gasteiger partial charge in [0.05, 0.1) is 6.54 Å². The van der Waals surface area contributed by atoms with Crippen LogP contribution in [-0.4, -0.2) is 29.3 Å². The van der Waals surface area contributed by atoms with Crippen molar-refractivity contribution < 1.29 is 9.59 Å². The van der Waals surface area contributed by atoms with Crippen molar-refractivity contribution >= 4 is 17.5 Å². The second-order valence-electron chi connectivity index (χ2n) is 5.41. The van der Waals surface area contributed by atoms with Crippen LogP contribution in [0.1, 0.15) is 41.6 Å².